The predicted molar refractivity (Wildman–Crippen MR) is 105 cm³/mol. The summed E-state index contributed by atoms with van der Waals surface area (Å²) in [6, 6.07) is 6.82. The molecule has 1 amide bonds. The van der Waals surface area contributed by atoms with Gasteiger partial charge in [-0.1, -0.05) is 6.42 Å². The lowest BCUT2D eigenvalue weighted by Gasteiger charge is -2.07. The molecular formula is C19H22N4O6. The predicted octanol–water partition coefficient (Wildman–Crippen LogP) is 2.53. The van der Waals surface area contributed by atoms with Crippen LogP contribution in [0.1, 0.15) is 43.0 Å². The Bertz CT molecular complexity index is 923. The van der Waals surface area contributed by atoms with E-state index in [1.807, 2.05) is 0 Å². The molecular weight excluding hydrogens is 380 g/mol. The van der Waals surface area contributed by atoms with Crippen molar-refractivity contribution in [1.82, 2.24) is 9.55 Å². The van der Waals surface area contributed by atoms with Crippen molar-refractivity contribution < 1.29 is 19.2 Å². The third-order valence-electron chi connectivity index (χ3n) is 4.02. The number of rotatable bonds is 10. The van der Waals surface area contributed by atoms with Gasteiger partial charge >= 0.3 is 11.7 Å². The summed E-state index contributed by atoms with van der Waals surface area (Å²) < 4.78 is 6.62. The summed E-state index contributed by atoms with van der Waals surface area (Å²) in [7, 11) is 0. The van der Waals surface area contributed by atoms with E-state index in [4.69, 9.17) is 4.74 Å². The van der Waals surface area contributed by atoms with Crippen LogP contribution in [0.25, 0.3) is 0 Å². The fourth-order valence-corrected chi connectivity index (χ4v) is 2.55. The number of unbranched alkanes of at least 4 members (excludes halogenated alkanes) is 3. The van der Waals surface area contributed by atoms with Gasteiger partial charge in [0.25, 0.3) is 5.69 Å². The number of hydrogen-bond acceptors (Lipinski definition) is 7. The number of aromatic nitrogens is 2. The number of nitro benzene ring substituents is 1. The van der Waals surface area contributed by atoms with E-state index in [9.17, 15) is 24.5 Å². The fraction of sp³-hybridized carbons (Fsp3) is 0.368. The van der Waals surface area contributed by atoms with Gasteiger partial charge in [-0.15, -0.1) is 0 Å². The summed E-state index contributed by atoms with van der Waals surface area (Å²) in [5.74, 6) is -0.575. The topological polar surface area (TPSA) is 133 Å². The minimum absolute atomic E-state index is 0.0828. The molecule has 0 radical (unpaired) electrons. The molecule has 10 heteroatoms. The average molecular weight is 402 g/mol. The van der Waals surface area contributed by atoms with Crippen LogP contribution >= 0.6 is 0 Å². The Hall–Kier alpha value is -3.56. The number of nitro groups is 1. The van der Waals surface area contributed by atoms with Crippen LogP contribution < -0.4 is 11.0 Å². The molecule has 1 aromatic heterocycles. The first kappa shape index (κ1) is 21.7. The van der Waals surface area contributed by atoms with Gasteiger partial charge in [-0.2, -0.15) is 4.98 Å². The Morgan fingerprint density at radius 3 is 2.45 bits per heavy atom. The van der Waals surface area contributed by atoms with Crippen molar-refractivity contribution in [2.75, 3.05) is 11.9 Å². The molecule has 0 spiro atoms. The maximum Gasteiger partial charge on any atom is 0.349 e. The summed E-state index contributed by atoms with van der Waals surface area (Å²) in [6.45, 7) is 2.11. The molecule has 0 aliphatic rings. The van der Waals surface area contributed by atoms with E-state index >= 15 is 0 Å². The second-order valence-corrected chi connectivity index (χ2v) is 6.32. The van der Waals surface area contributed by atoms with Crippen molar-refractivity contribution >= 4 is 23.4 Å². The van der Waals surface area contributed by atoms with Gasteiger partial charge in [-0.05, 0) is 37.5 Å². The van der Waals surface area contributed by atoms with E-state index < -0.39 is 16.6 Å². The lowest BCUT2D eigenvalue weighted by atomic mass is 10.2. The number of hydrogen-bond donors (Lipinski definition) is 1. The normalized spacial score (nSPS) is 10.4. The lowest BCUT2D eigenvalue weighted by Crippen LogP contribution is -2.24. The second-order valence-electron chi connectivity index (χ2n) is 6.32. The summed E-state index contributed by atoms with van der Waals surface area (Å²) in [4.78, 5) is 48.5. The number of aryl methyl sites for hydroxylation is 1. The van der Waals surface area contributed by atoms with Crippen molar-refractivity contribution in [3.05, 3.63) is 62.7 Å². The van der Waals surface area contributed by atoms with E-state index in [2.05, 4.69) is 10.3 Å². The van der Waals surface area contributed by atoms with Gasteiger partial charge in [-0.25, -0.2) is 9.59 Å². The van der Waals surface area contributed by atoms with E-state index in [1.165, 1.54) is 35.8 Å². The lowest BCUT2D eigenvalue weighted by molar-refractivity contribution is -0.384. The molecule has 1 aromatic carbocycles. The van der Waals surface area contributed by atoms with Crippen molar-refractivity contribution in [3.63, 3.8) is 0 Å². The third kappa shape index (κ3) is 7.17. The van der Waals surface area contributed by atoms with E-state index in [-0.39, 0.29) is 29.6 Å². The van der Waals surface area contributed by atoms with Crippen molar-refractivity contribution in [2.24, 2.45) is 0 Å². The van der Waals surface area contributed by atoms with Crippen molar-refractivity contribution in [1.29, 1.82) is 0 Å². The number of carbonyl (C=O) groups excluding carboxylic acids is 2. The zero-order chi connectivity index (χ0) is 21.2. The highest BCUT2D eigenvalue weighted by Crippen LogP contribution is 2.13. The summed E-state index contributed by atoms with van der Waals surface area (Å²) in [5, 5.41) is 13.1. The molecule has 1 heterocycles. The number of carbonyl (C=O) groups is 2. The molecule has 2 aromatic rings. The van der Waals surface area contributed by atoms with E-state index in [0.717, 1.165) is 19.3 Å². The monoisotopic (exact) mass is 402 g/mol. The SMILES string of the molecule is CC(=O)Nc1ccn(CCCCCCOC(=O)c2ccc([N+](=O)[O-])cc2)c(=O)n1. The Balaban J connectivity index is 1.63. The molecule has 1 N–H and O–H groups in total. The summed E-state index contributed by atoms with van der Waals surface area (Å²) in [5.41, 5.74) is -0.237. The van der Waals surface area contributed by atoms with Crippen LogP contribution in [0.5, 0.6) is 0 Å². The van der Waals surface area contributed by atoms with Gasteiger partial charge in [0.15, 0.2) is 0 Å². The van der Waals surface area contributed by atoms with Crippen LogP contribution in [0.15, 0.2) is 41.3 Å². The number of esters is 1. The maximum atomic E-state index is 11.9. The molecule has 0 bridgehead atoms. The molecule has 0 unspecified atom stereocenters. The Kier molecular flexibility index (Phi) is 8.01. The van der Waals surface area contributed by atoms with Gasteiger partial charge in [0.05, 0.1) is 17.1 Å². The van der Waals surface area contributed by atoms with Crippen LogP contribution in [-0.4, -0.2) is 33.0 Å². The smallest absolute Gasteiger partial charge is 0.349 e. The molecule has 2 rings (SSSR count). The number of non-ortho nitro benzene ring substituents is 1. The molecule has 0 saturated carbocycles. The van der Waals surface area contributed by atoms with Crippen LogP contribution in [0.2, 0.25) is 0 Å². The first-order valence-corrected chi connectivity index (χ1v) is 9.13. The standard InChI is InChI=1S/C19H22N4O6/c1-14(24)20-17-10-12-22(19(26)21-17)11-4-2-3-5-13-29-18(25)15-6-8-16(9-7-15)23(27)28/h6-10,12H,2-5,11,13H2,1H3,(H,20,21,24,26). The minimum atomic E-state index is -0.531. The number of nitrogens with one attached hydrogen (secondary N) is 1. The highest BCUT2D eigenvalue weighted by atomic mass is 16.6. The minimum Gasteiger partial charge on any atom is -0.462 e. The quantitative estimate of drug-likeness (QED) is 0.279. The summed E-state index contributed by atoms with van der Waals surface area (Å²) in [6.07, 6.45) is 4.69. The largest absolute Gasteiger partial charge is 0.462 e. The number of amides is 1. The Morgan fingerprint density at radius 2 is 1.83 bits per heavy atom. The van der Waals surface area contributed by atoms with E-state index in [0.29, 0.717) is 13.0 Å². The fourth-order valence-electron chi connectivity index (χ4n) is 2.55. The van der Waals surface area contributed by atoms with Gasteiger partial charge in [0.1, 0.15) is 5.82 Å². The van der Waals surface area contributed by atoms with Crippen LogP contribution in [0.3, 0.4) is 0 Å². The molecule has 0 aliphatic heterocycles. The van der Waals surface area contributed by atoms with Crippen LogP contribution in [0.4, 0.5) is 11.5 Å². The number of benzene rings is 1. The molecule has 154 valence electrons. The Labute approximate surface area is 166 Å². The van der Waals surface area contributed by atoms with Crippen molar-refractivity contribution in [3.8, 4) is 0 Å². The van der Waals surface area contributed by atoms with Gasteiger partial charge < -0.3 is 10.1 Å². The first-order chi connectivity index (χ1) is 13.9. The van der Waals surface area contributed by atoms with Gasteiger partial charge in [0, 0.05) is 31.8 Å². The van der Waals surface area contributed by atoms with Crippen molar-refractivity contribution in [2.45, 2.75) is 39.2 Å². The summed E-state index contributed by atoms with van der Waals surface area (Å²) >= 11 is 0. The molecule has 0 aliphatic carbocycles. The zero-order valence-corrected chi connectivity index (χ0v) is 16.0. The first-order valence-electron chi connectivity index (χ1n) is 9.13. The number of anilines is 1. The van der Waals surface area contributed by atoms with Gasteiger partial charge in [0.2, 0.25) is 5.91 Å². The molecule has 29 heavy (non-hydrogen) atoms. The van der Waals surface area contributed by atoms with Gasteiger partial charge in [-0.3, -0.25) is 19.5 Å². The van der Waals surface area contributed by atoms with E-state index in [1.54, 1.807) is 12.3 Å². The van der Waals surface area contributed by atoms with Crippen LogP contribution in [-0.2, 0) is 16.1 Å². The third-order valence-corrected chi connectivity index (χ3v) is 4.02. The maximum absolute atomic E-state index is 11.9. The molecule has 0 saturated heterocycles. The highest BCUT2D eigenvalue weighted by molar-refractivity contribution is 5.89. The molecule has 0 atom stereocenters. The zero-order valence-electron chi connectivity index (χ0n) is 16.0. The highest BCUT2D eigenvalue weighted by Gasteiger charge is 2.10. The average Bonchev–Trinajstić information content (AvgIpc) is 2.68. The molecule has 0 fully saturated rings. The molecule has 10 nitrogen and oxygen atoms in total. The Morgan fingerprint density at radius 1 is 1.14 bits per heavy atom. The number of ether oxygens (including phenoxy) is 1. The van der Waals surface area contributed by atoms with Crippen LogP contribution in [0, 0.1) is 10.1 Å². The second kappa shape index (κ2) is 10.7. The number of nitrogens with zero attached hydrogens (tertiary/aromatic N) is 3.